The van der Waals surface area contributed by atoms with Gasteiger partial charge in [-0.3, -0.25) is 4.98 Å². The number of sulfonamides is 1. The molecule has 0 N–H and O–H groups in total. The summed E-state index contributed by atoms with van der Waals surface area (Å²) in [5.41, 5.74) is 0.902. The van der Waals surface area contributed by atoms with Gasteiger partial charge >= 0.3 is 0 Å². The second-order valence-corrected chi connectivity index (χ2v) is 5.63. The molecule has 1 aromatic rings. The van der Waals surface area contributed by atoms with Crippen LogP contribution in [0.1, 0.15) is 18.9 Å². The van der Waals surface area contributed by atoms with Crippen molar-refractivity contribution in [3.05, 3.63) is 30.1 Å². The molecule has 0 aliphatic heterocycles. The average molecular weight is 228 g/mol. The average Bonchev–Trinajstić information content (AvgIpc) is 2.19. The molecule has 1 heterocycles. The van der Waals surface area contributed by atoms with Crippen molar-refractivity contribution in [3.8, 4) is 0 Å². The van der Waals surface area contributed by atoms with Crippen LogP contribution in [0, 0.1) is 0 Å². The van der Waals surface area contributed by atoms with E-state index in [9.17, 15) is 8.42 Å². The molecule has 1 aromatic heterocycles. The first-order chi connectivity index (χ1) is 7.06. The highest BCUT2D eigenvalue weighted by Gasteiger charge is 2.16. The molecule has 0 atom stereocenters. The van der Waals surface area contributed by atoms with E-state index in [-0.39, 0.29) is 5.75 Å². The smallest absolute Gasteiger partial charge is 0.214 e. The first-order valence-corrected chi connectivity index (χ1v) is 6.50. The third-order valence-electron chi connectivity index (χ3n) is 2.06. The lowest BCUT2D eigenvalue weighted by molar-refractivity contribution is 0.465. The molecule has 0 bridgehead atoms. The summed E-state index contributed by atoms with van der Waals surface area (Å²) in [6, 6.07) is 3.67. The molecule has 0 aliphatic carbocycles. The van der Waals surface area contributed by atoms with E-state index in [4.69, 9.17) is 0 Å². The Balaban J connectivity index is 2.68. The predicted molar refractivity (Wildman–Crippen MR) is 59.8 cm³/mol. The molecule has 0 unspecified atom stereocenters. The standard InChI is InChI=1S/C10H16N2O2S/c1-3-7-15(13,14)12(2)9-10-5-4-6-11-8-10/h4-6,8H,3,7,9H2,1-2H3. The summed E-state index contributed by atoms with van der Waals surface area (Å²) in [6.07, 6.45) is 3.99. The van der Waals surface area contributed by atoms with Crippen LogP contribution in [-0.2, 0) is 16.6 Å². The SMILES string of the molecule is CCCS(=O)(=O)N(C)Cc1cccnc1. The van der Waals surface area contributed by atoms with Gasteiger partial charge in [0.05, 0.1) is 5.75 Å². The summed E-state index contributed by atoms with van der Waals surface area (Å²) in [5, 5.41) is 0. The van der Waals surface area contributed by atoms with E-state index in [1.165, 1.54) is 4.31 Å². The zero-order valence-electron chi connectivity index (χ0n) is 9.05. The third-order valence-corrected chi connectivity index (χ3v) is 4.07. The molecule has 0 spiro atoms. The Morgan fingerprint density at radius 2 is 2.20 bits per heavy atom. The van der Waals surface area contributed by atoms with Gasteiger partial charge in [0.15, 0.2) is 0 Å². The number of rotatable bonds is 5. The van der Waals surface area contributed by atoms with E-state index >= 15 is 0 Å². The van der Waals surface area contributed by atoms with E-state index in [1.807, 2.05) is 13.0 Å². The first-order valence-electron chi connectivity index (χ1n) is 4.89. The zero-order valence-corrected chi connectivity index (χ0v) is 9.87. The van der Waals surface area contributed by atoms with Crippen molar-refractivity contribution in [2.24, 2.45) is 0 Å². The van der Waals surface area contributed by atoms with Gasteiger partial charge in [0.2, 0.25) is 10.0 Å². The minimum absolute atomic E-state index is 0.198. The van der Waals surface area contributed by atoms with Crippen molar-refractivity contribution in [1.82, 2.24) is 9.29 Å². The maximum Gasteiger partial charge on any atom is 0.214 e. The third kappa shape index (κ3) is 3.60. The number of nitrogens with zero attached hydrogens (tertiary/aromatic N) is 2. The molecular formula is C10H16N2O2S. The normalized spacial score (nSPS) is 11.9. The van der Waals surface area contributed by atoms with Gasteiger partial charge in [-0.1, -0.05) is 13.0 Å². The van der Waals surface area contributed by atoms with E-state index in [0.717, 1.165) is 5.56 Å². The summed E-state index contributed by atoms with van der Waals surface area (Å²) >= 11 is 0. The Kier molecular flexibility index (Phi) is 4.23. The summed E-state index contributed by atoms with van der Waals surface area (Å²) in [4.78, 5) is 3.94. The van der Waals surface area contributed by atoms with Crippen molar-refractivity contribution in [1.29, 1.82) is 0 Å². The largest absolute Gasteiger partial charge is 0.264 e. The first kappa shape index (κ1) is 12.1. The molecule has 0 radical (unpaired) electrons. The lowest BCUT2D eigenvalue weighted by Gasteiger charge is -2.16. The monoisotopic (exact) mass is 228 g/mol. The second-order valence-electron chi connectivity index (χ2n) is 3.43. The van der Waals surface area contributed by atoms with E-state index < -0.39 is 10.0 Å². The minimum atomic E-state index is -3.10. The van der Waals surface area contributed by atoms with Gasteiger partial charge in [-0.2, -0.15) is 0 Å². The number of aromatic nitrogens is 1. The Hall–Kier alpha value is -0.940. The maximum absolute atomic E-state index is 11.6. The highest BCUT2D eigenvalue weighted by atomic mass is 32.2. The summed E-state index contributed by atoms with van der Waals surface area (Å²) < 4.78 is 24.6. The molecule has 5 heteroatoms. The topological polar surface area (TPSA) is 50.3 Å². The van der Waals surface area contributed by atoms with Crippen molar-refractivity contribution in [2.75, 3.05) is 12.8 Å². The van der Waals surface area contributed by atoms with Gasteiger partial charge in [-0.15, -0.1) is 0 Å². The number of hydrogen-bond acceptors (Lipinski definition) is 3. The molecule has 0 amide bonds. The van der Waals surface area contributed by atoms with Crippen molar-refractivity contribution < 1.29 is 8.42 Å². The Morgan fingerprint density at radius 1 is 1.47 bits per heavy atom. The van der Waals surface area contributed by atoms with Gasteiger partial charge in [0, 0.05) is 26.0 Å². The maximum atomic E-state index is 11.6. The fraction of sp³-hybridized carbons (Fsp3) is 0.500. The van der Waals surface area contributed by atoms with Crippen LogP contribution in [0.25, 0.3) is 0 Å². The summed E-state index contributed by atoms with van der Waals surface area (Å²) in [7, 11) is -1.51. The van der Waals surface area contributed by atoms with Crippen LogP contribution in [0.2, 0.25) is 0 Å². The number of hydrogen-bond donors (Lipinski definition) is 0. The van der Waals surface area contributed by atoms with E-state index in [1.54, 1.807) is 25.5 Å². The molecule has 0 aromatic carbocycles. The van der Waals surface area contributed by atoms with Crippen LogP contribution in [0.4, 0.5) is 0 Å². The van der Waals surface area contributed by atoms with Crippen LogP contribution in [0.3, 0.4) is 0 Å². The molecule has 0 fully saturated rings. The summed E-state index contributed by atoms with van der Waals surface area (Å²) in [6.45, 7) is 2.24. The predicted octanol–water partition coefficient (Wildman–Crippen LogP) is 1.25. The van der Waals surface area contributed by atoms with E-state index in [2.05, 4.69) is 4.98 Å². The van der Waals surface area contributed by atoms with Crippen LogP contribution in [0.5, 0.6) is 0 Å². The highest BCUT2D eigenvalue weighted by Crippen LogP contribution is 2.06. The van der Waals surface area contributed by atoms with Gasteiger partial charge in [0.1, 0.15) is 0 Å². The highest BCUT2D eigenvalue weighted by molar-refractivity contribution is 7.89. The van der Waals surface area contributed by atoms with Crippen LogP contribution in [0.15, 0.2) is 24.5 Å². The van der Waals surface area contributed by atoms with Crippen LogP contribution < -0.4 is 0 Å². The Morgan fingerprint density at radius 3 is 2.73 bits per heavy atom. The molecule has 0 aliphatic rings. The van der Waals surface area contributed by atoms with Gasteiger partial charge in [-0.25, -0.2) is 12.7 Å². The van der Waals surface area contributed by atoms with Gasteiger partial charge in [-0.05, 0) is 18.1 Å². The fourth-order valence-corrected chi connectivity index (χ4v) is 2.43. The molecule has 15 heavy (non-hydrogen) atoms. The van der Waals surface area contributed by atoms with Gasteiger partial charge < -0.3 is 0 Å². The minimum Gasteiger partial charge on any atom is -0.264 e. The molecule has 0 saturated carbocycles. The molecule has 1 rings (SSSR count). The second kappa shape index (κ2) is 5.23. The molecule has 4 nitrogen and oxygen atoms in total. The molecular weight excluding hydrogens is 212 g/mol. The van der Waals surface area contributed by atoms with Crippen molar-refractivity contribution >= 4 is 10.0 Å². The Bertz CT molecular complexity index is 389. The van der Waals surface area contributed by atoms with Crippen molar-refractivity contribution in [3.63, 3.8) is 0 Å². The summed E-state index contributed by atoms with van der Waals surface area (Å²) in [5.74, 6) is 0.198. The zero-order chi connectivity index (χ0) is 11.3. The van der Waals surface area contributed by atoms with Crippen LogP contribution >= 0.6 is 0 Å². The lowest BCUT2D eigenvalue weighted by Crippen LogP contribution is -2.28. The van der Waals surface area contributed by atoms with Gasteiger partial charge in [0.25, 0.3) is 0 Å². The van der Waals surface area contributed by atoms with Crippen LogP contribution in [-0.4, -0.2) is 30.5 Å². The van der Waals surface area contributed by atoms with E-state index in [0.29, 0.717) is 13.0 Å². The molecule has 0 saturated heterocycles. The lowest BCUT2D eigenvalue weighted by atomic mass is 10.3. The Labute approximate surface area is 91.0 Å². The fourth-order valence-electron chi connectivity index (χ4n) is 1.26. The van der Waals surface area contributed by atoms with Crippen molar-refractivity contribution in [2.45, 2.75) is 19.9 Å². The quantitative estimate of drug-likeness (QED) is 0.762. The molecule has 84 valence electrons. The number of pyridine rings is 1.